The van der Waals surface area contributed by atoms with Gasteiger partial charge in [0.1, 0.15) is 12.4 Å². The summed E-state index contributed by atoms with van der Waals surface area (Å²) in [6.45, 7) is 0. The molecule has 0 unspecified atom stereocenters. The van der Waals surface area contributed by atoms with Crippen LogP contribution >= 0.6 is 0 Å². The summed E-state index contributed by atoms with van der Waals surface area (Å²) in [6.07, 6.45) is 3.69. The molecular formula is C4HF2N. The van der Waals surface area contributed by atoms with Crippen LogP contribution < -0.4 is 0 Å². The molecule has 0 spiro atoms. The molecule has 0 atom stereocenters. The fourth-order valence-corrected chi connectivity index (χ4v) is 0.251. The van der Waals surface area contributed by atoms with Crippen molar-refractivity contribution in [1.82, 2.24) is 4.98 Å². The van der Waals surface area contributed by atoms with Crippen molar-refractivity contribution in [2.45, 2.75) is 0 Å². The van der Waals surface area contributed by atoms with Gasteiger partial charge in [-0.2, -0.15) is 0 Å². The summed E-state index contributed by atoms with van der Waals surface area (Å²) in [5, 5.41) is 0. The summed E-state index contributed by atoms with van der Waals surface area (Å²) in [6, 6.07) is 0. The summed E-state index contributed by atoms with van der Waals surface area (Å²) < 4.78 is 23.2. The smallest absolute Gasteiger partial charge is 0.186 e. The molecule has 0 aliphatic rings. The summed E-state index contributed by atoms with van der Waals surface area (Å²) >= 11 is 0. The van der Waals surface area contributed by atoms with Crippen molar-refractivity contribution in [3.8, 4) is 0 Å². The molecule has 0 saturated carbocycles. The second-order valence-corrected chi connectivity index (χ2v) is 1.00. The fraction of sp³-hybridized carbons (Fsp3) is 0. The Hall–Kier alpha value is -0.860. The topological polar surface area (TPSA) is 15.8 Å². The first-order chi connectivity index (χ1) is 3.30. The maximum atomic E-state index is 11.6. The number of H-pyrrole nitrogens is 1. The molecule has 1 nitrogen and oxygen atoms in total. The van der Waals surface area contributed by atoms with Gasteiger partial charge in [0.2, 0.25) is 0 Å². The molecule has 0 aromatic carbocycles. The minimum absolute atomic E-state index is 1.01. The van der Waals surface area contributed by atoms with Crippen LogP contribution in [0.15, 0.2) is 0 Å². The highest BCUT2D eigenvalue weighted by Crippen LogP contribution is 1.97. The Morgan fingerprint density at radius 1 is 1.14 bits per heavy atom. The van der Waals surface area contributed by atoms with E-state index in [0.29, 0.717) is 0 Å². The van der Waals surface area contributed by atoms with Gasteiger partial charge in [-0.15, -0.1) is 0 Å². The lowest BCUT2D eigenvalue weighted by Gasteiger charge is -1.68. The zero-order valence-electron chi connectivity index (χ0n) is 3.26. The molecule has 36 valence electrons. The van der Waals surface area contributed by atoms with E-state index in [1.54, 1.807) is 0 Å². The van der Waals surface area contributed by atoms with E-state index in [1.165, 1.54) is 0 Å². The van der Waals surface area contributed by atoms with Crippen LogP contribution in [0.4, 0.5) is 8.78 Å². The van der Waals surface area contributed by atoms with Crippen LogP contribution in [0.2, 0.25) is 0 Å². The Kier molecular flexibility index (Phi) is 0.817. The van der Waals surface area contributed by atoms with Crippen molar-refractivity contribution in [1.29, 1.82) is 0 Å². The summed E-state index contributed by atoms with van der Waals surface area (Å²) in [5.74, 6) is -2.03. The first-order valence-electron chi connectivity index (χ1n) is 1.63. The van der Waals surface area contributed by atoms with Gasteiger partial charge in [0.25, 0.3) is 0 Å². The zero-order valence-corrected chi connectivity index (χ0v) is 3.26. The Balaban J connectivity index is 3.12. The highest BCUT2D eigenvalue weighted by atomic mass is 19.2. The van der Waals surface area contributed by atoms with Gasteiger partial charge in [-0.1, -0.05) is 0 Å². The van der Waals surface area contributed by atoms with Gasteiger partial charge in [0.05, 0.1) is 0 Å². The first kappa shape index (κ1) is 4.30. The summed E-state index contributed by atoms with van der Waals surface area (Å²) in [4.78, 5) is 2.00. The molecule has 0 saturated heterocycles. The van der Waals surface area contributed by atoms with Gasteiger partial charge in [-0.3, -0.25) is 0 Å². The molecule has 1 heterocycles. The van der Waals surface area contributed by atoms with Gasteiger partial charge < -0.3 is 4.98 Å². The molecule has 2 radical (unpaired) electrons. The third kappa shape index (κ3) is 0.607. The number of nitrogens with one attached hydrogen (secondary N) is 1. The van der Waals surface area contributed by atoms with E-state index < -0.39 is 11.6 Å². The number of aromatic nitrogens is 1. The average Bonchev–Trinajstić information content (AvgIpc) is 1.91. The minimum atomic E-state index is -1.01. The Morgan fingerprint density at radius 2 is 1.57 bits per heavy atom. The van der Waals surface area contributed by atoms with E-state index in [-0.39, 0.29) is 0 Å². The predicted octanol–water partition coefficient (Wildman–Crippen LogP) is 0.893. The third-order valence-corrected chi connectivity index (χ3v) is 0.537. The first-order valence-corrected chi connectivity index (χ1v) is 1.63. The van der Waals surface area contributed by atoms with Crippen LogP contribution in [0.1, 0.15) is 0 Å². The Labute approximate surface area is 39.0 Å². The van der Waals surface area contributed by atoms with Crippen molar-refractivity contribution in [2.75, 3.05) is 0 Å². The highest BCUT2D eigenvalue weighted by molar-refractivity contribution is 4.91. The predicted molar refractivity (Wildman–Crippen MR) is 18.4 cm³/mol. The molecule has 3 heteroatoms. The molecule has 0 fully saturated rings. The second-order valence-electron chi connectivity index (χ2n) is 1.00. The largest absolute Gasteiger partial charge is 0.347 e. The van der Waals surface area contributed by atoms with E-state index in [9.17, 15) is 8.78 Å². The number of rotatable bonds is 0. The molecule has 0 bridgehead atoms. The van der Waals surface area contributed by atoms with Crippen molar-refractivity contribution >= 4 is 0 Å². The molecule has 0 aliphatic heterocycles. The Morgan fingerprint density at radius 3 is 1.71 bits per heavy atom. The lowest BCUT2D eigenvalue weighted by atomic mass is 10.6. The SMILES string of the molecule is Fc1[c][nH][c]c1F. The molecular weight excluding hydrogens is 100 g/mol. The molecule has 7 heavy (non-hydrogen) atoms. The van der Waals surface area contributed by atoms with Crippen LogP contribution in [-0.2, 0) is 0 Å². The van der Waals surface area contributed by atoms with Gasteiger partial charge in [-0.25, -0.2) is 8.78 Å². The van der Waals surface area contributed by atoms with E-state index >= 15 is 0 Å². The molecule has 1 aromatic heterocycles. The number of hydrogen-bond acceptors (Lipinski definition) is 0. The molecule has 0 aliphatic carbocycles. The van der Waals surface area contributed by atoms with E-state index in [2.05, 4.69) is 0 Å². The van der Waals surface area contributed by atoms with Crippen molar-refractivity contribution in [3.05, 3.63) is 24.0 Å². The average molecular weight is 101 g/mol. The summed E-state index contributed by atoms with van der Waals surface area (Å²) in [7, 11) is 0. The lowest BCUT2D eigenvalue weighted by molar-refractivity contribution is 0.514. The highest BCUT2D eigenvalue weighted by Gasteiger charge is 1.98. The maximum Gasteiger partial charge on any atom is 0.186 e. The third-order valence-electron chi connectivity index (χ3n) is 0.537. The molecule has 0 amide bonds. The Bertz CT molecular complexity index is 142. The maximum absolute atomic E-state index is 11.6. The zero-order chi connectivity index (χ0) is 5.28. The second kappa shape index (κ2) is 1.33. The van der Waals surface area contributed by atoms with E-state index in [4.69, 9.17) is 0 Å². The number of aromatic amines is 1. The van der Waals surface area contributed by atoms with Crippen molar-refractivity contribution in [3.63, 3.8) is 0 Å². The van der Waals surface area contributed by atoms with Crippen LogP contribution in [-0.4, -0.2) is 4.98 Å². The molecule has 1 N–H and O–H groups in total. The van der Waals surface area contributed by atoms with Gasteiger partial charge >= 0.3 is 0 Å². The van der Waals surface area contributed by atoms with Crippen LogP contribution in [0.3, 0.4) is 0 Å². The summed E-state index contributed by atoms with van der Waals surface area (Å²) in [5.41, 5.74) is 0. The fourth-order valence-electron chi connectivity index (χ4n) is 0.251. The quantitative estimate of drug-likeness (QED) is 0.499. The monoisotopic (exact) mass is 101 g/mol. The van der Waals surface area contributed by atoms with Crippen LogP contribution in [0.5, 0.6) is 0 Å². The molecule has 1 aromatic rings. The van der Waals surface area contributed by atoms with Crippen LogP contribution in [0, 0.1) is 24.0 Å². The van der Waals surface area contributed by atoms with Gasteiger partial charge in [0.15, 0.2) is 11.6 Å². The minimum Gasteiger partial charge on any atom is -0.347 e. The molecule has 1 rings (SSSR count). The number of halogens is 2. The van der Waals surface area contributed by atoms with Crippen LogP contribution in [0.25, 0.3) is 0 Å². The van der Waals surface area contributed by atoms with Gasteiger partial charge in [0, 0.05) is 0 Å². The van der Waals surface area contributed by atoms with Gasteiger partial charge in [-0.05, 0) is 0 Å². The lowest BCUT2D eigenvalue weighted by Crippen LogP contribution is -1.67. The normalized spacial score (nSPS) is 9.43. The van der Waals surface area contributed by atoms with Crippen molar-refractivity contribution < 1.29 is 8.78 Å². The standard InChI is InChI=1S/C4HF2N/c5-3-1-7-2-4(3)6/h7H. The number of hydrogen-bond donors (Lipinski definition) is 1. The van der Waals surface area contributed by atoms with Crippen molar-refractivity contribution in [2.24, 2.45) is 0 Å². The van der Waals surface area contributed by atoms with E-state index in [0.717, 1.165) is 0 Å². The van der Waals surface area contributed by atoms with E-state index in [1.807, 2.05) is 17.4 Å².